The van der Waals surface area contributed by atoms with Crippen molar-refractivity contribution in [1.82, 2.24) is 5.32 Å². The van der Waals surface area contributed by atoms with Gasteiger partial charge in [0.15, 0.2) is 0 Å². The topological polar surface area (TPSA) is 95.9 Å². The van der Waals surface area contributed by atoms with Crippen molar-refractivity contribution in [2.24, 2.45) is 0 Å². The van der Waals surface area contributed by atoms with Crippen molar-refractivity contribution in [3.8, 4) is 0 Å². The second-order valence-corrected chi connectivity index (χ2v) is 25.3. The molecule has 470 valence electrons. The first kappa shape index (κ1) is 77.6. The molecule has 0 aromatic heterocycles. The van der Waals surface area contributed by atoms with Gasteiger partial charge in [-0.1, -0.05) is 386 Å². The van der Waals surface area contributed by atoms with E-state index >= 15 is 0 Å². The average Bonchev–Trinajstić information content (AvgIpc) is 3.45. The zero-order chi connectivity index (χ0) is 57.1. The van der Waals surface area contributed by atoms with E-state index in [1.807, 2.05) is 6.08 Å². The number of unbranched alkanes of at least 4 members (excludes halogenated alkanes) is 58. The van der Waals surface area contributed by atoms with E-state index in [2.05, 4.69) is 19.2 Å². The zero-order valence-corrected chi connectivity index (χ0v) is 53.9. The lowest BCUT2D eigenvalue weighted by molar-refractivity contribution is -0.143. The summed E-state index contributed by atoms with van der Waals surface area (Å²) in [4.78, 5) is 24.6. The molecular formula is C73H143NO5. The summed E-state index contributed by atoms with van der Waals surface area (Å²) in [6, 6.07) is -0.626. The van der Waals surface area contributed by atoms with Crippen LogP contribution in [0, 0.1) is 0 Å². The molecule has 0 saturated carbocycles. The molecule has 0 radical (unpaired) electrons. The van der Waals surface area contributed by atoms with Crippen LogP contribution in [0.2, 0.25) is 0 Å². The smallest absolute Gasteiger partial charge is 0.305 e. The Kier molecular flexibility index (Phi) is 67.9. The summed E-state index contributed by atoms with van der Waals surface area (Å²) in [5, 5.41) is 23.3. The Morgan fingerprint density at radius 1 is 0.342 bits per heavy atom. The molecule has 2 unspecified atom stereocenters. The van der Waals surface area contributed by atoms with Crippen molar-refractivity contribution in [2.75, 3.05) is 13.2 Å². The summed E-state index contributed by atoms with van der Waals surface area (Å²) in [5.74, 6) is -0.0390. The Hall–Kier alpha value is -1.40. The summed E-state index contributed by atoms with van der Waals surface area (Å²) in [7, 11) is 0. The molecule has 3 N–H and O–H groups in total. The lowest BCUT2D eigenvalue weighted by Crippen LogP contribution is -2.45. The molecule has 0 aromatic rings. The van der Waals surface area contributed by atoms with Gasteiger partial charge < -0.3 is 20.3 Å². The van der Waals surface area contributed by atoms with Gasteiger partial charge in [-0.05, 0) is 32.1 Å². The van der Waals surface area contributed by atoms with Crippen LogP contribution in [0.1, 0.15) is 418 Å². The second kappa shape index (κ2) is 69.1. The van der Waals surface area contributed by atoms with Crippen molar-refractivity contribution >= 4 is 11.9 Å². The Bertz CT molecular complexity index is 1190. The molecule has 0 bridgehead atoms. The number of rotatable bonds is 69. The maximum Gasteiger partial charge on any atom is 0.305 e. The summed E-state index contributed by atoms with van der Waals surface area (Å²) in [6.07, 6.45) is 85.9. The number of carbonyl (C=O) groups excluding carboxylic acids is 2. The van der Waals surface area contributed by atoms with E-state index in [-0.39, 0.29) is 18.5 Å². The number of hydrogen-bond acceptors (Lipinski definition) is 5. The number of amides is 1. The van der Waals surface area contributed by atoms with E-state index in [0.717, 1.165) is 38.5 Å². The minimum Gasteiger partial charge on any atom is -0.466 e. The SMILES string of the molecule is CCCCCCCCCCCCCCCCCCCCC/C=C/C(O)C(CO)NC(=O)CCCCCCCCCCCCCCCCCCCCCCCCCCCCCCOC(=O)CCCCCCCCCCCCCCC. The molecule has 2 atom stereocenters. The van der Waals surface area contributed by atoms with Gasteiger partial charge in [-0.3, -0.25) is 9.59 Å². The Balaban J connectivity index is 3.36. The number of esters is 1. The third kappa shape index (κ3) is 65.6. The monoisotopic (exact) mass is 1110 g/mol. The lowest BCUT2D eigenvalue weighted by atomic mass is 10.0. The first-order valence-corrected chi connectivity index (χ1v) is 36.5. The largest absolute Gasteiger partial charge is 0.466 e. The van der Waals surface area contributed by atoms with Gasteiger partial charge in [-0.15, -0.1) is 0 Å². The van der Waals surface area contributed by atoms with E-state index in [1.165, 1.54) is 353 Å². The molecule has 0 aromatic carbocycles. The standard InChI is InChI=1S/C73H143NO5/c1-3-5-7-9-11-13-15-17-18-19-20-29-32-35-38-42-45-49-53-57-61-65-71(76)70(69-75)74-72(77)66-62-58-54-50-46-43-39-36-33-30-27-25-23-21-22-24-26-28-31-34-37-40-44-48-52-56-60-64-68-79-73(78)67-63-59-55-51-47-41-16-14-12-10-8-6-4-2/h61,65,70-71,75-76H,3-60,62-64,66-69H2,1-2H3,(H,74,77)/b65-61+. The number of nitrogens with one attached hydrogen (secondary N) is 1. The van der Waals surface area contributed by atoms with Crippen molar-refractivity contribution in [3.05, 3.63) is 12.2 Å². The molecule has 0 aliphatic carbocycles. The summed E-state index contributed by atoms with van der Waals surface area (Å²) < 4.78 is 5.49. The van der Waals surface area contributed by atoms with Crippen molar-refractivity contribution in [1.29, 1.82) is 0 Å². The number of aliphatic hydroxyl groups excluding tert-OH is 2. The zero-order valence-electron chi connectivity index (χ0n) is 53.9. The van der Waals surface area contributed by atoms with Gasteiger partial charge in [0.25, 0.3) is 0 Å². The van der Waals surface area contributed by atoms with Gasteiger partial charge in [0, 0.05) is 12.8 Å². The van der Waals surface area contributed by atoms with Crippen LogP contribution < -0.4 is 5.32 Å². The van der Waals surface area contributed by atoms with Gasteiger partial charge >= 0.3 is 5.97 Å². The third-order valence-corrected chi connectivity index (χ3v) is 17.3. The van der Waals surface area contributed by atoms with Crippen LogP contribution in [-0.4, -0.2) is 47.4 Å². The van der Waals surface area contributed by atoms with Crippen LogP contribution in [0.4, 0.5) is 0 Å². The maximum absolute atomic E-state index is 12.5. The van der Waals surface area contributed by atoms with E-state index in [4.69, 9.17) is 4.74 Å². The van der Waals surface area contributed by atoms with E-state index < -0.39 is 12.1 Å². The summed E-state index contributed by atoms with van der Waals surface area (Å²) in [6.45, 7) is 4.95. The Morgan fingerprint density at radius 2 is 0.582 bits per heavy atom. The third-order valence-electron chi connectivity index (χ3n) is 17.3. The predicted molar refractivity (Wildman–Crippen MR) is 347 cm³/mol. The molecule has 0 rings (SSSR count). The van der Waals surface area contributed by atoms with Crippen LogP contribution >= 0.6 is 0 Å². The summed E-state index contributed by atoms with van der Waals surface area (Å²) >= 11 is 0. The number of ether oxygens (including phenoxy) is 1. The fourth-order valence-corrected chi connectivity index (χ4v) is 11.8. The highest BCUT2D eigenvalue weighted by Crippen LogP contribution is 2.19. The number of carbonyl (C=O) groups is 2. The molecular weight excluding hydrogens is 971 g/mol. The second-order valence-electron chi connectivity index (χ2n) is 25.3. The minimum atomic E-state index is -0.843. The molecule has 6 heteroatoms. The normalized spacial score (nSPS) is 12.5. The molecule has 0 saturated heterocycles. The lowest BCUT2D eigenvalue weighted by Gasteiger charge is -2.20. The van der Waals surface area contributed by atoms with Crippen LogP contribution in [0.3, 0.4) is 0 Å². The van der Waals surface area contributed by atoms with Gasteiger partial charge in [-0.2, -0.15) is 0 Å². The molecule has 0 spiro atoms. The fraction of sp³-hybridized carbons (Fsp3) is 0.945. The van der Waals surface area contributed by atoms with Crippen LogP contribution in [0.15, 0.2) is 12.2 Å². The molecule has 0 aliphatic heterocycles. The number of allylic oxidation sites excluding steroid dienone is 1. The van der Waals surface area contributed by atoms with Crippen molar-refractivity contribution < 1.29 is 24.5 Å². The Morgan fingerprint density at radius 3 is 0.861 bits per heavy atom. The predicted octanol–water partition coefficient (Wildman–Crippen LogP) is 23.5. The van der Waals surface area contributed by atoms with Crippen molar-refractivity contribution in [2.45, 2.75) is 431 Å². The molecule has 6 nitrogen and oxygen atoms in total. The van der Waals surface area contributed by atoms with E-state index in [1.54, 1.807) is 6.08 Å². The van der Waals surface area contributed by atoms with E-state index in [9.17, 15) is 19.8 Å². The maximum atomic E-state index is 12.5. The van der Waals surface area contributed by atoms with Gasteiger partial charge in [0.05, 0.1) is 25.4 Å². The molecule has 79 heavy (non-hydrogen) atoms. The summed E-state index contributed by atoms with van der Waals surface area (Å²) in [5.41, 5.74) is 0. The van der Waals surface area contributed by atoms with Gasteiger partial charge in [0.1, 0.15) is 0 Å². The Labute approximate surface area is 495 Å². The van der Waals surface area contributed by atoms with Crippen LogP contribution in [-0.2, 0) is 14.3 Å². The highest BCUT2D eigenvalue weighted by atomic mass is 16.5. The number of aliphatic hydroxyl groups is 2. The molecule has 0 aliphatic rings. The molecule has 0 fully saturated rings. The van der Waals surface area contributed by atoms with Crippen LogP contribution in [0.25, 0.3) is 0 Å². The average molecular weight is 1110 g/mol. The highest BCUT2D eigenvalue weighted by molar-refractivity contribution is 5.76. The fourth-order valence-electron chi connectivity index (χ4n) is 11.8. The van der Waals surface area contributed by atoms with Crippen molar-refractivity contribution in [3.63, 3.8) is 0 Å². The molecule has 0 heterocycles. The van der Waals surface area contributed by atoms with E-state index in [0.29, 0.717) is 19.4 Å². The minimum absolute atomic E-state index is 0.0210. The molecule has 1 amide bonds. The highest BCUT2D eigenvalue weighted by Gasteiger charge is 2.18. The van der Waals surface area contributed by atoms with Gasteiger partial charge in [-0.25, -0.2) is 0 Å². The number of hydrogen-bond donors (Lipinski definition) is 3. The van der Waals surface area contributed by atoms with Gasteiger partial charge in [0.2, 0.25) is 5.91 Å². The van der Waals surface area contributed by atoms with Crippen LogP contribution in [0.5, 0.6) is 0 Å². The first-order valence-electron chi connectivity index (χ1n) is 36.5. The first-order chi connectivity index (χ1) is 39.0. The quantitative estimate of drug-likeness (QED) is 0.0320.